The Hall–Kier alpha value is -2.25. The number of hydrogen-bond donors (Lipinski definition) is 3. The molecular weight excluding hydrogens is 262 g/mol. The molecule has 0 spiro atoms. The smallest absolute Gasteiger partial charge is 0.326 e. The van der Waals surface area contributed by atoms with Crippen LogP contribution in [0.25, 0.3) is 0 Å². The van der Waals surface area contributed by atoms with E-state index < -0.39 is 18.0 Å². The number of carboxylic acid groups (broad SMARTS) is 1. The maximum Gasteiger partial charge on any atom is 0.326 e. The summed E-state index contributed by atoms with van der Waals surface area (Å²) in [7, 11) is 0. The van der Waals surface area contributed by atoms with E-state index in [0.717, 1.165) is 0 Å². The van der Waals surface area contributed by atoms with Crippen molar-refractivity contribution in [1.82, 2.24) is 20.5 Å². The zero-order valence-electron chi connectivity index (χ0n) is 12.0. The Morgan fingerprint density at radius 1 is 1.20 bits per heavy atom. The fourth-order valence-corrected chi connectivity index (χ4v) is 1.50. The van der Waals surface area contributed by atoms with E-state index in [4.69, 9.17) is 5.11 Å². The van der Waals surface area contributed by atoms with Crippen molar-refractivity contribution < 1.29 is 14.7 Å². The van der Waals surface area contributed by atoms with Crippen molar-refractivity contribution in [3.8, 4) is 0 Å². The summed E-state index contributed by atoms with van der Waals surface area (Å²) in [5.41, 5.74) is 1.31. The largest absolute Gasteiger partial charge is 0.480 e. The molecule has 20 heavy (non-hydrogen) atoms. The van der Waals surface area contributed by atoms with E-state index in [1.54, 1.807) is 13.8 Å². The molecule has 0 aliphatic carbocycles. The minimum absolute atomic E-state index is 0.0410. The number of carbonyl (C=O) groups excluding carboxylic acids is 1. The van der Waals surface area contributed by atoms with Crippen LogP contribution in [0.15, 0.2) is 0 Å². The van der Waals surface area contributed by atoms with Crippen LogP contribution in [0, 0.1) is 19.8 Å². The second kappa shape index (κ2) is 6.78. The molecule has 0 fully saturated rings. The number of amides is 2. The van der Waals surface area contributed by atoms with E-state index in [-0.39, 0.29) is 11.9 Å². The molecule has 110 valence electrons. The number of anilines is 1. The normalized spacial score (nSPS) is 12.1. The molecule has 0 unspecified atom stereocenters. The van der Waals surface area contributed by atoms with Gasteiger partial charge in [-0.05, 0) is 26.2 Å². The summed E-state index contributed by atoms with van der Waals surface area (Å²) < 4.78 is 0. The second-order valence-electron chi connectivity index (χ2n) is 4.93. The molecule has 0 radical (unpaired) electrons. The third-order valence-corrected chi connectivity index (χ3v) is 2.63. The van der Waals surface area contributed by atoms with E-state index in [2.05, 4.69) is 25.8 Å². The molecule has 2 amide bonds. The van der Waals surface area contributed by atoms with Crippen LogP contribution in [0.4, 0.5) is 10.7 Å². The van der Waals surface area contributed by atoms with E-state index in [1.807, 2.05) is 13.8 Å². The first-order valence-corrected chi connectivity index (χ1v) is 6.27. The Balaban J connectivity index is 2.65. The van der Waals surface area contributed by atoms with E-state index in [0.29, 0.717) is 17.8 Å². The highest BCUT2D eigenvalue weighted by molar-refractivity contribution is 5.90. The number of urea groups is 1. The van der Waals surface area contributed by atoms with Gasteiger partial charge in [0.05, 0.1) is 11.4 Å². The molecule has 0 saturated carbocycles. The fraction of sp³-hybridized carbons (Fsp3) is 0.583. The quantitative estimate of drug-likeness (QED) is 0.744. The molecule has 0 bridgehead atoms. The van der Waals surface area contributed by atoms with Gasteiger partial charge in [-0.1, -0.05) is 13.8 Å². The van der Waals surface area contributed by atoms with Crippen molar-refractivity contribution in [2.24, 2.45) is 5.92 Å². The highest BCUT2D eigenvalue weighted by Gasteiger charge is 2.21. The third-order valence-electron chi connectivity index (χ3n) is 2.63. The summed E-state index contributed by atoms with van der Waals surface area (Å²) in [6.45, 7) is 7.26. The van der Waals surface area contributed by atoms with Gasteiger partial charge in [0.1, 0.15) is 6.04 Å². The Bertz CT molecular complexity index is 504. The van der Waals surface area contributed by atoms with Gasteiger partial charge in [0, 0.05) is 0 Å². The number of rotatable bonds is 5. The van der Waals surface area contributed by atoms with Crippen LogP contribution in [-0.2, 0) is 4.79 Å². The number of hydrogen-bond acceptors (Lipinski definition) is 5. The number of aromatic nitrogens is 3. The Labute approximate surface area is 117 Å². The molecule has 1 atom stereocenters. The van der Waals surface area contributed by atoms with Gasteiger partial charge < -0.3 is 10.4 Å². The number of carbonyl (C=O) groups is 2. The molecule has 1 rings (SSSR count). The number of aryl methyl sites for hydroxylation is 2. The van der Waals surface area contributed by atoms with Crippen molar-refractivity contribution in [3.63, 3.8) is 0 Å². The standard InChI is InChI=1S/C12H19N5O3/c1-6(2)5-9(10(18)19)14-12(20)15-11-13-7(3)8(4)16-17-11/h6,9H,5H2,1-4H3,(H,18,19)(H2,13,14,15,17,20)/t9-/m1/s1. The molecule has 0 saturated heterocycles. The lowest BCUT2D eigenvalue weighted by Crippen LogP contribution is -2.44. The van der Waals surface area contributed by atoms with Crippen molar-refractivity contribution in [1.29, 1.82) is 0 Å². The molecular formula is C12H19N5O3. The number of nitrogens with zero attached hydrogens (tertiary/aromatic N) is 3. The highest BCUT2D eigenvalue weighted by atomic mass is 16.4. The summed E-state index contributed by atoms with van der Waals surface area (Å²) in [5, 5.41) is 21.3. The molecule has 3 N–H and O–H groups in total. The zero-order valence-corrected chi connectivity index (χ0v) is 12.0. The van der Waals surface area contributed by atoms with E-state index in [9.17, 15) is 9.59 Å². The minimum Gasteiger partial charge on any atom is -0.480 e. The lowest BCUT2D eigenvalue weighted by Gasteiger charge is -2.16. The van der Waals surface area contributed by atoms with Gasteiger partial charge in [0.2, 0.25) is 0 Å². The van der Waals surface area contributed by atoms with Crippen LogP contribution in [0.3, 0.4) is 0 Å². The third kappa shape index (κ3) is 4.79. The second-order valence-corrected chi connectivity index (χ2v) is 4.93. The molecule has 0 aliphatic rings. The predicted molar refractivity (Wildman–Crippen MR) is 72.3 cm³/mol. The van der Waals surface area contributed by atoms with Crippen LogP contribution in [0.5, 0.6) is 0 Å². The first-order valence-electron chi connectivity index (χ1n) is 6.27. The molecule has 0 aliphatic heterocycles. The Kier molecular flexibility index (Phi) is 5.36. The molecule has 1 aromatic heterocycles. The summed E-state index contributed by atoms with van der Waals surface area (Å²) in [6, 6.07) is -1.61. The Morgan fingerprint density at radius 2 is 1.85 bits per heavy atom. The van der Waals surface area contributed by atoms with Gasteiger partial charge in [-0.3, -0.25) is 5.32 Å². The van der Waals surface area contributed by atoms with Crippen molar-refractivity contribution in [2.45, 2.75) is 40.2 Å². The first-order chi connectivity index (χ1) is 9.29. The first kappa shape index (κ1) is 15.8. The molecule has 1 heterocycles. The lowest BCUT2D eigenvalue weighted by atomic mass is 10.0. The van der Waals surface area contributed by atoms with Crippen molar-refractivity contribution >= 4 is 17.9 Å². The van der Waals surface area contributed by atoms with Gasteiger partial charge in [0.25, 0.3) is 5.95 Å². The van der Waals surface area contributed by atoms with Crippen LogP contribution in [0.1, 0.15) is 31.7 Å². The monoisotopic (exact) mass is 281 g/mol. The van der Waals surface area contributed by atoms with E-state index >= 15 is 0 Å². The van der Waals surface area contributed by atoms with Crippen LogP contribution < -0.4 is 10.6 Å². The van der Waals surface area contributed by atoms with Gasteiger partial charge in [-0.25, -0.2) is 14.6 Å². The zero-order chi connectivity index (χ0) is 15.3. The van der Waals surface area contributed by atoms with Crippen molar-refractivity contribution in [2.75, 3.05) is 5.32 Å². The minimum atomic E-state index is -1.08. The van der Waals surface area contributed by atoms with Gasteiger partial charge in [-0.15, -0.1) is 5.10 Å². The topological polar surface area (TPSA) is 117 Å². The number of nitrogens with one attached hydrogen (secondary N) is 2. The summed E-state index contributed by atoms with van der Waals surface area (Å²) in [6.07, 6.45) is 0.342. The highest BCUT2D eigenvalue weighted by Crippen LogP contribution is 2.06. The number of aliphatic carboxylic acids is 1. The SMILES string of the molecule is Cc1nnc(NC(=O)N[C@H](CC(C)C)C(=O)O)nc1C. The summed E-state index contributed by atoms with van der Waals surface area (Å²) in [4.78, 5) is 26.8. The lowest BCUT2D eigenvalue weighted by molar-refractivity contribution is -0.139. The molecule has 8 nitrogen and oxygen atoms in total. The maximum atomic E-state index is 11.7. The average Bonchev–Trinajstić information content (AvgIpc) is 2.32. The van der Waals surface area contributed by atoms with E-state index in [1.165, 1.54) is 0 Å². The maximum absolute atomic E-state index is 11.7. The summed E-state index contributed by atoms with van der Waals surface area (Å²) >= 11 is 0. The van der Waals surface area contributed by atoms with Gasteiger partial charge in [0.15, 0.2) is 0 Å². The van der Waals surface area contributed by atoms with Crippen LogP contribution in [0.2, 0.25) is 0 Å². The van der Waals surface area contributed by atoms with Gasteiger partial charge in [-0.2, -0.15) is 5.10 Å². The molecule has 0 aromatic carbocycles. The van der Waals surface area contributed by atoms with Crippen molar-refractivity contribution in [3.05, 3.63) is 11.4 Å². The summed E-state index contributed by atoms with van der Waals surface area (Å²) in [5.74, 6) is -0.886. The fourth-order valence-electron chi connectivity index (χ4n) is 1.50. The molecule has 8 heteroatoms. The predicted octanol–water partition coefficient (Wildman–Crippen LogP) is 1.11. The van der Waals surface area contributed by atoms with Crippen LogP contribution in [-0.4, -0.2) is 38.3 Å². The average molecular weight is 281 g/mol. The Morgan fingerprint density at radius 3 is 2.35 bits per heavy atom. The van der Waals surface area contributed by atoms with Gasteiger partial charge >= 0.3 is 12.0 Å². The van der Waals surface area contributed by atoms with Crippen LogP contribution >= 0.6 is 0 Å². The molecule has 1 aromatic rings. The number of carboxylic acids is 1.